The van der Waals surface area contributed by atoms with E-state index < -0.39 is 0 Å². The Bertz CT molecular complexity index is 731. The van der Waals surface area contributed by atoms with Crippen LogP contribution in [-0.4, -0.2) is 45.8 Å². The number of rotatable bonds is 4. The summed E-state index contributed by atoms with van der Waals surface area (Å²) in [4.78, 5) is 21.2. The van der Waals surface area contributed by atoms with E-state index in [2.05, 4.69) is 21.2 Å². The average molecular weight is 379 g/mol. The first-order valence-electron chi connectivity index (χ1n) is 8.56. The van der Waals surface area contributed by atoms with Crippen LogP contribution in [0.1, 0.15) is 32.2 Å². The van der Waals surface area contributed by atoms with E-state index in [9.17, 15) is 4.79 Å². The van der Waals surface area contributed by atoms with Crippen molar-refractivity contribution in [3.63, 3.8) is 0 Å². The highest BCUT2D eigenvalue weighted by molar-refractivity contribution is 7.09. The van der Waals surface area contributed by atoms with E-state index in [0.29, 0.717) is 6.42 Å². The minimum absolute atomic E-state index is 0.0431. The van der Waals surface area contributed by atoms with Crippen LogP contribution in [-0.2, 0) is 11.2 Å². The Kier molecular flexibility index (Phi) is 5.59. The Balaban J connectivity index is 1.63. The van der Waals surface area contributed by atoms with Gasteiger partial charge in [0.25, 0.3) is 0 Å². The summed E-state index contributed by atoms with van der Waals surface area (Å²) in [7, 11) is 0. The summed E-state index contributed by atoms with van der Waals surface area (Å²) < 4.78 is 4.49. The van der Waals surface area contributed by atoms with E-state index in [0.717, 1.165) is 41.2 Å². The lowest BCUT2D eigenvalue weighted by Gasteiger charge is -2.40. The van der Waals surface area contributed by atoms with Gasteiger partial charge in [-0.3, -0.25) is 4.79 Å². The third kappa shape index (κ3) is 4.30. The highest BCUT2D eigenvalue weighted by Crippen LogP contribution is 2.23. The predicted octanol–water partition coefficient (Wildman–Crippen LogP) is 3.48. The third-order valence-electron chi connectivity index (χ3n) is 4.41. The standard InChI is InChI=1S/C18H23ClN4OS/c1-12(2)17(24)23-9-8-22(11-13(23)3)18-20-16(21-25-18)10-14-4-6-15(19)7-5-14/h4-7,12-13H,8-11H2,1-3H3/t13-/m0/s1. The molecule has 1 aliphatic rings. The van der Waals surface area contributed by atoms with E-state index in [-0.39, 0.29) is 17.9 Å². The van der Waals surface area contributed by atoms with Gasteiger partial charge in [0.2, 0.25) is 11.0 Å². The SMILES string of the molecule is CC(C)C(=O)N1CCN(c2nc(Cc3ccc(Cl)cc3)ns2)C[C@@H]1C. The number of aromatic nitrogens is 2. The molecule has 134 valence electrons. The molecule has 0 unspecified atom stereocenters. The Morgan fingerprint density at radius 2 is 2.04 bits per heavy atom. The molecule has 7 heteroatoms. The van der Waals surface area contributed by atoms with Crippen molar-refractivity contribution in [2.45, 2.75) is 33.2 Å². The van der Waals surface area contributed by atoms with Crippen molar-refractivity contribution in [1.82, 2.24) is 14.3 Å². The number of nitrogens with zero attached hydrogens (tertiary/aromatic N) is 4. The zero-order valence-electron chi connectivity index (χ0n) is 14.8. The second kappa shape index (κ2) is 7.70. The van der Waals surface area contributed by atoms with Crippen LogP contribution >= 0.6 is 23.1 Å². The van der Waals surface area contributed by atoms with Gasteiger partial charge in [-0.2, -0.15) is 4.37 Å². The largest absolute Gasteiger partial charge is 0.343 e. The second-order valence-corrected chi connectivity index (χ2v) is 7.94. The van der Waals surface area contributed by atoms with Crippen LogP contribution in [0.4, 0.5) is 5.13 Å². The molecule has 1 saturated heterocycles. The molecule has 0 saturated carbocycles. The molecule has 0 spiro atoms. The summed E-state index contributed by atoms with van der Waals surface area (Å²) in [6.45, 7) is 8.35. The molecule has 1 aromatic carbocycles. The average Bonchev–Trinajstić information content (AvgIpc) is 3.04. The molecule has 5 nitrogen and oxygen atoms in total. The summed E-state index contributed by atoms with van der Waals surface area (Å²) in [6, 6.07) is 7.96. The number of hydrogen-bond donors (Lipinski definition) is 0. The topological polar surface area (TPSA) is 49.3 Å². The highest BCUT2D eigenvalue weighted by Gasteiger charge is 2.29. The van der Waals surface area contributed by atoms with Crippen molar-refractivity contribution in [3.05, 3.63) is 40.7 Å². The molecule has 1 aliphatic heterocycles. The Morgan fingerprint density at radius 1 is 1.32 bits per heavy atom. The predicted molar refractivity (Wildman–Crippen MR) is 102 cm³/mol. The van der Waals surface area contributed by atoms with Gasteiger partial charge in [0.1, 0.15) is 5.82 Å². The summed E-state index contributed by atoms with van der Waals surface area (Å²) in [6.07, 6.45) is 0.703. The molecule has 1 amide bonds. The second-order valence-electron chi connectivity index (χ2n) is 6.78. The van der Waals surface area contributed by atoms with E-state index in [1.54, 1.807) is 0 Å². The number of carbonyl (C=O) groups is 1. The first kappa shape index (κ1) is 18.1. The van der Waals surface area contributed by atoms with E-state index in [1.165, 1.54) is 11.5 Å². The van der Waals surface area contributed by atoms with Gasteiger partial charge in [-0.1, -0.05) is 37.6 Å². The Labute approximate surface area is 157 Å². The smallest absolute Gasteiger partial charge is 0.225 e. The van der Waals surface area contributed by atoms with Crippen molar-refractivity contribution in [3.8, 4) is 0 Å². The van der Waals surface area contributed by atoms with Gasteiger partial charge in [-0.25, -0.2) is 4.98 Å². The van der Waals surface area contributed by atoms with Crippen LogP contribution in [0.5, 0.6) is 0 Å². The molecule has 1 atom stereocenters. The first-order valence-corrected chi connectivity index (χ1v) is 9.71. The fraction of sp³-hybridized carbons (Fsp3) is 0.500. The van der Waals surface area contributed by atoms with Crippen LogP contribution in [0.3, 0.4) is 0 Å². The fourth-order valence-corrected chi connectivity index (χ4v) is 3.87. The number of halogens is 1. The Morgan fingerprint density at radius 3 is 2.68 bits per heavy atom. The highest BCUT2D eigenvalue weighted by atomic mass is 35.5. The van der Waals surface area contributed by atoms with Crippen molar-refractivity contribution in [2.24, 2.45) is 5.92 Å². The molecule has 1 fully saturated rings. The lowest BCUT2D eigenvalue weighted by atomic mass is 10.1. The van der Waals surface area contributed by atoms with Gasteiger partial charge < -0.3 is 9.80 Å². The van der Waals surface area contributed by atoms with Gasteiger partial charge in [0.15, 0.2) is 0 Å². The molecule has 0 radical (unpaired) electrons. The molecular formula is C18H23ClN4OS. The minimum atomic E-state index is 0.0431. The van der Waals surface area contributed by atoms with Gasteiger partial charge in [0, 0.05) is 54.6 Å². The van der Waals surface area contributed by atoms with Gasteiger partial charge in [0.05, 0.1) is 0 Å². The molecular weight excluding hydrogens is 356 g/mol. The van der Waals surface area contributed by atoms with E-state index >= 15 is 0 Å². The molecule has 2 aromatic rings. The lowest BCUT2D eigenvalue weighted by molar-refractivity contribution is -0.136. The summed E-state index contributed by atoms with van der Waals surface area (Å²) in [5.74, 6) is 1.10. The molecule has 0 bridgehead atoms. The molecule has 0 aliphatic carbocycles. The number of anilines is 1. The summed E-state index contributed by atoms with van der Waals surface area (Å²) in [5.41, 5.74) is 1.15. The zero-order valence-corrected chi connectivity index (χ0v) is 16.3. The fourth-order valence-electron chi connectivity index (χ4n) is 3.02. The molecule has 3 rings (SSSR count). The number of piperazine rings is 1. The zero-order chi connectivity index (χ0) is 18.0. The normalized spacial score (nSPS) is 18.0. The number of benzene rings is 1. The van der Waals surface area contributed by atoms with Gasteiger partial charge in [-0.15, -0.1) is 0 Å². The van der Waals surface area contributed by atoms with Crippen molar-refractivity contribution >= 4 is 34.2 Å². The summed E-state index contributed by atoms with van der Waals surface area (Å²) in [5, 5.41) is 1.67. The van der Waals surface area contributed by atoms with Crippen molar-refractivity contribution in [2.75, 3.05) is 24.5 Å². The van der Waals surface area contributed by atoms with Crippen LogP contribution in [0.2, 0.25) is 5.02 Å². The van der Waals surface area contributed by atoms with Crippen molar-refractivity contribution in [1.29, 1.82) is 0 Å². The molecule has 25 heavy (non-hydrogen) atoms. The number of hydrogen-bond acceptors (Lipinski definition) is 5. The lowest BCUT2D eigenvalue weighted by Crippen LogP contribution is -2.55. The monoisotopic (exact) mass is 378 g/mol. The number of amides is 1. The van der Waals surface area contributed by atoms with Crippen LogP contribution in [0.15, 0.2) is 24.3 Å². The van der Waals surface area contributed by atoms with Crippen molar-refractivity contribution < 1.29 is 4.79 Å². The maximum absolute atomic E-state index is 12.3. The third-order valence-corrected chi connectivity index (χ3v) is 5.47. The molecule has 0 N–H and O–H groups in total. The van der Waals surface area contributed by atoms with Gasteiger partial charge >= 0.3 is 0 Å². The summed E-state index contributed by atoms with van der Waals surface area (Å²) >= 11 is 7.36. The Hall–Kier alpha value is -1.66. The van der Waals surface area contributed by atoms with Crippen LogP contribution in [0.25, 0.3) is 0 Å². The number of carbonyl (C=O) groups excluding carboxylic acids is 1. The van der Waals surface area contributed by atoms with E-state index in [1.807, 2.05) is 43.0 Å². The van der Waals surface area contributed by atoms with E-state index in [4.69, 9.17) is 11.6 Å². The van der Waals surface area contributed by atoms with Gasteiger partial charge in [-0.05, 0) is 24.6 Å². The molecule has 2 heterocycles. The van der Waals surface area contributed by atoms with Crippen LogP contribution in [0, 0.1) is 5.92 Å². The first-order chi connectivity index (χ1) is 11.9. The minimum Gasteiger partial charge on any atom is -0.343 e. The van der Waals surface area contributed by atoms with Crippen LogP contribution < -0.4 is 4.90 Å². The maximum atomic E-state index is 12.3. The quantitative estimate of drug-likeness (QED) is 0.817. The molecule has 1 aromatic heterocycles. The maximum Gasteiger partial charge on any atom is 0.225 e.